The molecule has 18 heavy (non-hydrogen) atoms. The Kier molecular flexibility index (Phi) is 5.12. The van der Waals surface area contributed by atoms with Crippen LogP contribution in [0.5, 0.6) is 0 Å². The van der Waals surface area contributed by atoms with Crippen LogP contribution < -0.4 is 5.32 Å². The van der Waals surface area contributed by atoms with Crippen molar-refractivity contribution in [2.45, 2.75) is 39.2 Å². The molecule has 0 radical (unpaired) electrons. The Hall–Kier alpha value is -1.59. The molecule has 0 bridgehead atoms. The summed E-state index contributed by atoms with van der Waals surface area (Å²) in [5.41, 5.74) is 0. The fourth-order valence-corrected chi connectivity index (χ4v) is 2.00. The van der Waals surface area contributed by atoms with E-state index >= 15 is 0 Å². The summed E-state index contributed by atoms with van der Waals surface area (Å²) in [4.78, 5) is 35.5. The standard InChI is InChI=1S/C12H20N2O4/c1-3-8(2)14(7-11(16)17)12(18)9-4-5-10(15)13-6-9/h8-9H,3-7H2,1-2H3,(H,13,15)(H,16,17)/t8-,9-/m0/s1. The minimum Gasteiger partial charge on any atom is -0.480 e. The largest absolute Gasteiger partial charge is 0.480 e. The van der Waals surface area contributed by atoms with Gasteiger partial charge in [0.05, 0.1) is 5.92 Å². The summed E-state index contributed by atoms with van der Waals surface area (Å²) < 4.78 is 0. The van der Waals surface area contributed by atoms with E-state index < -0.39 is 5.97 Å². The number of amides is 2. The van der Waals surface area contributed by atoms with Gasteiger partial charge in [0, 0.05) is 19.0 Å². The predicted molar refractivity (Wildman–Crippen MR) is 64.8 cm³/mol. The van der Waals surface area contributed by atoms with Crippen LogP contribution in [0.3, 0.4) is 0 Å². The van der Waals surface area contributed by atoms with Crippen molar-refractivity contribution < 1.29 is 19.5 Å². The number of piperidine rings is 1. The zero-order valence-electron chi connectivity index (χ0n) is 10.8. The highest BCUT2D eigenvalue weighted by Gasteiger charge is 2.31. The van der Waals surface area contributed by atoms with Crippen molar-refractivity contribution in [1.82, 2.24) is 10.2 Å². The quantitative estimate of drug-likeness (QED) is 0.737. The first kappa shape index (κ1) is 14.5. The lowest BCUT2D eigenvalue weighted by Crippen LogP contribution is -2.49. The van der Waals surface area contributed by atoms with Gasteiger partial charge in [0.15, 0.2) is 0 Å². The third kappa shape index (κ3) is 3.72. The molecule has 102 valence electrons. The van der Waals surface area contributed by atoms with Gasteiger partial charge in [0.25, 0.3) is 0 Å². The monoisotopic (exact) mass is 256 g/mol. The first-order valence-corrected chi connectivity index (χ1v) is 6.24. The van der Waals surface area contributed by atoms with Crippen LogP contribution in [-0.4, -0.2) is 46.9 Å². The first-order chi connectivity index (χ1) is 8.45. The Morgan fingerprint density at radius 3 is 2.67 bits per heavy atom. The topological polar surface area (TPSA) is 86.7 Å². The van der Waals surface area contributed by atoms with Crippen LogP contribution in [0.25, 0.3) is 0 Å². The van der Waals surface area contributed by atoms with Crippen molar-refractivity contribution in [3.63, 3.8) is 0 Å². The first-order valence-electron chi connectivity index (χ1n) is 6.24. The van der Waals surface area contributed by atoms with Gasteiger partial charge in [0.2, 0.25) is 11.8 Å². The number of carboxylic acids is 1. The van der Waals surface area contributed by atoms with Crippen LogP contribution in [0, 0.1) is 5.92 Å². The van der Waals surface area contributed by atoms with Gasteiger partial charge in [-0.05, 0) is 19.8 Å². The molecule has 0 spiro atoms. The van der Waals surface area contributed by atoms with E-state index in [1.807, 2.05) is 13.8 Å². The van der Waals surface area contributed by atoms with Crippen molar-refractivity contribution in [3.05, 3.63) is 0 Å². The van der Waals surface area contributed by atoms with E-state index in [0.717, 1.165) is 0 Å². The number of aliphatic carboxylic acids is 1. The summed E-state index contributed by atoms with van der Waals surface area (Å²) >= 11 is 0. The number of nitrogens with zero attached hydrogens (tertiary/aromatic N) is 1. The van der Waals surface area contributed by atoms with Crippen molar-refractivity contribution in [3.8, 4) is 0 Å². The highest BCUT2D eigenvalue weighted by atomic mass is 16.4. The molecule has 0 aromatic heterocycles. The maximum absolute atomic E-state index is 12.3. The molecule has 1 aliphatic rings. The highest BCUT2D eigenvalue weighted by molar-refractivity contribution is 5.86. The number of nitrogens with one attached hydrogen (secondary N) is 1. The second-order valence-corrected chi connectivity index (χ2v) is 4.66. The fourth-order valence-electron chi connectivity index (χ4n) is 2.00. The van der Waals surface area contributed by atoms with Gasteiger partial charge >= 0.3 is 5.97 Å². The second-order valence-electron chi connectivity index (χ2n) is 4.66. The molecule has 2 N–H and O–H groups in total. The molecule has 1 fully saturated rings. The molecular formula is C12H20N2O4. The molecule has 1 rings (SSSR count). The van der Waals surface area contributed by atoms with Gasteiger partial charge in [-0.2, -0.15) is 0 Å². The highest BCUT2D eigenvalue weighted by Crippen LogP contribution is 2.16. The second kappa shape index (κ2) is 6.37. The third-order valence-electron chi connectivity index (χ3n) is 3.33. The van der Waals surface area contributed by atoms with Crippen LogP contribution in [0.15, 0.2) is 0 Å². The van der Waals surface area contributed by atoms with Crippen LogP contribution >= 0.6 is 0 Å². The molecule has 6 nitrogen and oxygen atoms in total. The summed E-state index contributed by atoms with van der Waals surface area (Å²) in [7, 11) is 0. The van der Waals surface area contributed by atoms with Gasteiger partial charge in [-0.1, -0.05) is 6.92 Å². The summed E-state index contributed by atoms with van der Waals surface area (Å²) in [6.07, 6.45) is 1.53. The van der Waals surface area contributed by atoms with Gasteiger partial charge in [-0.3, -0.25) is 14.4 Å². The number of carbonyl (C=O) groups excluding carboxylic acids is 2. The molecular weight excluding hydrogens is 236 g/mol. The van der Waals surface area contributed by atoms with Gasteiger partial charge in [-0.15, -0.1) is 0 Å². The minimum absolute atomic E-state index is 0.0487. The van der Waals surface area contributed by atoms with Crippen molar-refractivity contribution >= 4 is 17.8 Å². The van der Waals surface area contributed by atoms with Crippen LogP contribution in [-0.2, 0) is 14.4 Å². The molecule has 1 aliphatic heterocycles. The molecule has 0 aromatic carbocycles. The molecule has 6 heteroatoms. The van der Waals surface area contributed by atoms with E-state index in [1.165, 1.54) is 4.90 Å². The molecule has 0 aromatic rings. The smallest absolute Gasteiger partial charge is 0.323 e. The number of carbonyl (C=O) groups is 3. The average Bonchev–Trinajstić information content (AvgIpc) is 2.35. The van der Waals surface area contributed by atoms with Crippen LogP contribution in [0.4, 0.5) is 0 Å². The summed E-state index contributed by atoms with van der Waals surface area (Å²) in [6, 6.07) is -0.105. The predicted octanol–water partition coefficient (Wildman–Crippen LogP) is 0.224. The maximum atomic E-state index is 12.3. The lowest BCUT2D eigenvalue weighted by atomic mass is 9.96. The van der Waals surface area contributed by atoms with E-state index in [0.29, 0.717) is 25.8 Å². The molecule has 0 saturated carbocycles. The number of rotatable bonds is 5. The lowest BCUT2D eigenvalue weighted by Gasteiger charge is -2.32. The number of hydrogen-bond donors (Lipinski definition) is 2. The SMILES string of the molecule is CC[C@H](C)N(CC(=O)O)C(=O)[C@H]1CCC(=O)NC1. The van der Waals surface area contributed by atoms with Crippen LogP contribution in [0.2, 0.25) is 0 Å². The fraction of sp³-hybridized carbons (Fsp3) is 0.750. The summed E-state index contributed by atoms with van der Waals surface area (Å²) in [5.74, 6) is -1.53. The molecule has 0 unspecified atom stereocenters. The Morgan fingerprint density at radius 2 is 2.22 bits per heavy atom. The van der Waals surface area contributed by atoms with Crippen molar-refractivity contribution in [1.29, 1.82) is 0 Å². The third-order valence-corrected chi connectivity index (χ3v) is 3.33. The minimum atomic E-state index is -1.01. The van der Waals surface area contributed by atoms with Crippen molar-refractivity contribution in [2.75, 3.05) is 13.1 Å². The Balaban J connectivity index is 2.69. The zero-order valence-corrected chi connectivity index (χ0v) is 10.8. The Morgan fingerprint density at radius 1 is 1.56 bits per heavy atom. The maximum Gasteiger partial charge on any atom is 0.323 e. The van der Waals surface area contributed by atoms with E-state index in [-0.39, 0.29) is 30.3 Å². The van der Waals surface area contributed by atoms with Gasteiger partial charge in [0.1, 0.15) is 6.54 Å². The van der Waals surface area contributed by atoms with Crippen molar-refractivity contribution in [2.24, 2.45) is 5.92 Å². The summed E-state index contributed by atoms with van der Waals surface area (Å²) in [6.45, 7) is 3.78. The lowest BCUT2D eigenvalue weighted by molar-refractivity contribution is -0.149. The van der Waals surface area contributed by atoms with Gasteiger partial charge < -0.3 is 15.3 Å². The normalized spacial score (nSPS) is 21.0. The molecule has 0 aliphatic carbocycles. The van der Waals surface area contributed by atoms with E-state index in [9.17, 15) is 14.4 Å². The molecule has 1 saturated heterocycles. The number of hydrogen-bond acceptors (Lipinski definition) is 3. The molecule has 1 heterocycles. The number of carboxylic acid groups (broad SMARTS) is 1. The van der Waals surface area contributed by atoms with Gasteiger partial charge in [-0.25, -0.2) is 0 Å². The van der Waals surface area contributed by atoms with E-state index in [2.05, 4.69) is 5.32 Å². The van der Waals surface area contributed by atoms with E-state index in [1.54, 1.807) is 0 Å². The molecule has 2 amide bonds. The Labute approximate surface area is 106 Å². The van der Waals surface area contributed by atoms with E-state index in [4.69, 9.17) is 5.11 Å². The average molecular weight is 256 g/mol. The zero-order chi connectivity index (χ0) is 13.7. The Bertz CT molecular complexity index is 333. The molecule has 2 atom stereocenters. The van der Waals surface area contributed by atoms with Crippen LogP contribution in [0.1, 0.15) is 33.1 Å². The summed E-state index contributed by atoms with van der Waals surface area (Å²) in [5, 5.41) is 11.5.